The molecule has 0 aliphatic heterocycles. The van der Waals surface area contributed by atoms with Gasteiger partial charge in [0.2, 0.25) is 0 Å². The van der Waals surface area contributed by atoms with Crippen LogP contribution in [0.1, 0.15) is 26.7 Å². The van der Waals surface area contributed by atoms with Crippen molar-refractivity contribution in [2.75, 3.05) is 0 Å². The number of nitrogens with two attached hydrogens (primary N) is 1. The molecule has 1 nitrogen and oxygen atoms in total. The predicted molar refractivity (Wildman–Crippen MR) is 44.7 cm³/mol. The first-order chi connectivity index (χ1) is 4.70. The molecule has 0 fully saturated rings. The van der Waals surface area contributed by atoms with Crippen LogP contribution in [0.2, 0.25) is 0 Å². The van der Waals surface area contributed by atoms with Gasteiger partial charge in [-0.25, -0.2) is 0 Å². The van der Waals surface area contributed by atoms with Crippen LogP contribution in [0.5, 0.6) is 0 Å². The summed E-state index contributed by atoms with van der Waals surface area (Å²) in [6.07, 6.45) is 6.86. The lowest BCUT2D eigenvalue weighted by molar-refractivity contribution is 0.399. The van der Waals surface area contributed by atoms with Gasteiger partial charge in [0.05, 0.1) is 0 Å². The summed E-state index contributed by atoms with van der Waals surface area (Å²) in [5.41, 5.74) is 5.71. The highest BCUT2D eigenvalue weighted by Crippen LogP contribution is 2.23. The molecule has 58 valence electrons. The van der Waals surface area contributed by atoms with Gasteiger partial charge < -0.3 is 5.73 Å². The summed E-state index contributed by atoms with van der Waals surface area (Å²) < 4.78 is 0. The van der Waals surface area contributed by atoms with Crippen molar-refractivity contribution in [1.82, 2.24) is 0 Å². The zero-order valence-corrected chi connectivity index (χ0v) is 6.88. The predicted octanol–water partition coefficient (Wildman–Crippen LogP) is 1.94. The fourth-order valence-corrected chi connectivity index (χ4v) is 1.42. The van der Waals surface area contributed by atoms with Crippen molar-refractivity contribution < 1.29 is 0 Å². The summed E-state index contributed by atoms with van der Waals surface area (Å²) in [6, 6.07) is 0.329. The van der Waals surface area contributed by atoms with E-state index >= 15 is 0 Å². The molecular weight excluding hydrogens is 122 g/mol. The molecule has 1 rings (SSSR count). The molecule has 10 heavy (non-hydrogen) atoms. The van der Waals surface area contributed by atoms with Crippen LogP contribution < -0.4 is 5.73 Å². The minimum atomic E-state index is 0.329. The van der Waals surface area contributed by atoms with Crippen molar-refractivity contribution >= 4 is 0 Å². The molecule has 0 aromatic carbocycles. The summed E-state index contributed by atoms with van der Waals surface area (Å²) in [7, 11) is 0. The molecule has 1 aliphatic rings. The highest BCUT2D eigenvalue weighted by atomic mass is 14.6. The first-order valence-electron chi connectivity index (χ1n) is 4.14. The number of rotatable bonds is 1. The Morgan fingerprint density at radius 2 is 2.00 bits per heavy atom. The number of hydrogen-bond acceptors (Lipinski definition) is 1. The molecule has 2 unspecified atom stereocenters. The zero-order chi connectivity index (χ0) is 7.56. The second kappa shape index (κ2) is 3.20. The maximum atomic E-state index is 5.71. The molecule has 0 spiro atoms. The second-order valence-corrected chi connectivity index (χ2v) is 3.53. The molecule has 0 saturated carbocycles. The molecule has 0 bridgehead atoms. The second-order valence-electron chi connectivity index (χ2n) is 3.53. The molecular formula is C9H17N. The molecule has 0 amide bonds. The molecule has 0 saturated heterocycles. The van der Waals surface area contributed by atoms with E-state index in [1.54, 1.807) is 0 Å². The maximum Gasteiger partial charge on any atom is 0.0223 e. The van der Waals surface area contributed by atoms with Gasteiger partial charge in [0, 0.05) is 6.04 Å². The van der Waals surface area contributed by atoms with E-state index in [0.29, 0.717) is 6.04 Å². The van der Waals surface area contributed by atoms with Crippen molar-refractivity contribution in [2.45, 2.75) is 32.7 Å². The Labute approximate surface area is 63.3 Å². The quantitative estimate of drug-likeness (QED) is 0.552. The Kier molecular flexibility index (Phi) is 2.50. The summed E-state index contributed by atoms with van der Waals surface area (Å²) in [6.45, 7) is 4.54. The fraction of sp³-hybridized carbons (Fsp3) is 0.778. The van der Waals surface area contributed by atoms with Gasteiger partial charge in [-0.1, -0.05) is 26.0 Å². The SMILES string of the molecule is CC(C)C1C=CC(N)CC1. The van der Waals surface area contributed by atoms with Crippen molar-refractivity contribution in [3.8, 4) is 0 Å². The highest BCUT2D eigenvalue weighted by Gasteiger charge is 2.14. The highest BCUT2D eigenvalue weighted by molar-refractivity contribution is 5.00. The Balaban J connectivity index is 2.45. The van der Waals surface area contributed by atoms with Crippen LogP contribution in [0.25, 0.3) is 0 Å². The van der Waals surface area contributed by atoms with Crippen LogP contribution >= 0.6 is 0 Å². The van der Waals surface area contributed by atoms with Crippen LogP contribution in [-0.2, 0) is 0 Å². The maximum absolute atomic E-state index is 5.71. The van der Waals surface area contributed by atoms with Gasteiger partial charge in [0.15, 0.2) is 0 Å². The van der Waals surface area contributed by atoms with E-state index in [0.717, 1.165) is 11.8 Å². The standard InChI is InChI=1S/C9H17N/c1-7(2)8-3-5-9(10)6-4-8/h3,5,7-9H,4,6,10H2,1-2H3. The minimum Gasteiger partial charge on any atom is -0.324 e. The van der Waals surface area contributed by atoms with Gasteiger partial charge in [0.1, 0.15) is 0 Å². The van der Waals surface area contributed by atoms with Crippen LogP contribution in [0.15, 0.2) is 12.2 Å². The summed E-state index contributed by atoms with van der Waals surface area (Å²) >= 11 is 0. The van der Waals surface area contributed by atoms with Gasteiger partial charge in [-0.05, 0) is 24.7 Å². The lowest BCUT2D eigenvalue weighted by Gasteiger charge is -2.22. The molecule has 1 heteroatoms. The van der Waals surface area contributed by atoms with E-state index in [1.807, 2.05) is 0 Å². The zero-order valence-electron chi connectivity index (χ0n) is 6.88. The topological polar surface area (TPSA) is 26.0 Å². The molecule has 2 N–H and O–H groups in total. The lowest BCUT2D eigenvalue weighted by Crippen LogP contribution is -2.23. The summed E-state index contributed by atoms with van der Waals surface area (Å²) in [5.74, 6) is 1.56. The normalized spacial score (nSPS) is 33.2. The number of allylic oxidation sites excluding steroid dienone is 1. The Morgan fingerprint density at radius 1 is 1.30 bits per heavy atom. The first kappa shape index (κ1) is 7.80. The molecule has 0 aromatic rings. The van der Waals surface area contributed by atoms with E-state index in [4.69, 9.17) is 5.73 Å². The van der Waals surface area contributed by atoms with E-state index in [2.05, 4.69) is 26.0 Å². The minimum absolute atomic E-state index is 0.329. The molecule has 0 heterocycles. The Bertz CT molecular complexity index is 127. The summed E-state index contributed by atoms with van der Waals surface area (Å²) in [5, 5.41) is 0. The van der Waals surface area contributed by atoms with Gasteiger partial charge in [-0.2, -0.15) is 0 Å². The monoisotopic (exact) mass is 139 g/mol. The van der Waals surface area contributed by atoms with Crippen LogP contribution in [-0.4, -0.2) is 6.04 Å². The van der Waals surface area contributed by atoms with Crippen LogP contribution in [0, 0.1) is 11.8 Å². The third-order valence-electron chi connectivity index (χ3n) is 2.30. The van der Waals surface area contributed by atoms with Crippen molar-refractivity contribution in [2.24, 2.45) is 17.6 Å². The van der Waals surface area contributed by atoms with Gasteiger partial charge in [-0.15, -0.1) is 0 Å². The summed E-state index contributed by atoms with van der Waals surface area (Å²) in [4.78, 5) is 0. The van der Waals surface area contributed by atoms with E-state index in [1.165, 1.54) is 12.8 Å². The molecule has 1 aliphatic carbocycles. The fourth-order valence-electron chi connectivity index (χ4n) is 1.42. The largest absolute Gasteiger partial charge is 0.324 e. The van der Waals surface area contributed by atoms with Crippen molar-refractivity contribution in [3.05, 3.63) is 12.2 Å². The van der Waals surface area contributed by atoms with E-state index in [9.17, 15) is 0 Å². The third-order valence-corrected chi connectivity index (χ3v) is 2.30. The Hall–Kier alpha value is -0.300. The average molecular weight is 139 g/mol. The third kappa shape index (κ3) is 1.84. The van der Waals surface area contributed by atoms with Crippen LogP contribution in [0.3, 0.4) is 0 Å². The molecule has 2 atom stereocenters. The van der Waals surface area contributed by atoms with E-state index < -0.39 is 0 Å². The van der Waals surface area contributed by atoms with Crippen LogP contribution in [0.4, 0.5) is 0 Å². The number of hydrogen-bond donors (Lipinski definition) is 1. The van der Waals surface area contributed by atoms with Gasteiger partial charge >= 0.3 is 0 Å². The average Bonchev–Trinajstić information content (AvgIpc) is 1.88. The molecule has 0 aromatic heterocycles. The lowest BCUT2D eigenvalue weighted by atomic mass is 9.85. The smallest absolute Gasteiger partial charge is 0.0223 e. The van der Waals surface area contributed by atoms with Crippen molar-refractivity contribution in [1.29, 1.82) is 0 Å². The van der Waals surface area contributed by atoms with E-state index in [-0.39, 0.29) is 0 Å². The Morgan fingerprint density at radius 3 is 2.40 bits per heavy atom. The van der Waals surface area contributed by atoms with Gasteiger partial charge in [-0.3, -0.25) is 0 Å². The van der Waals surface area contributed by atoms with Crippen molar-refractivity contribution in [3.63, 3.8) is 0 Å². The molecule has 0 radical (unpaired) electrons. The first-order valence-corrected chi connectivity index (χ1v) is 4.14. The van der Waals surface area contributed by atoms with Gasteiger partial charge in [0.25, 0.3) is 0 Å².